The van der Waals surface area contributed by atoms with Gasteiger partial charge in [0.25, 0.3) is 0 Å². The van der Waals surface area contributed by atoms with Crippen LogP contribution in [-0.2, 0) is 16.1 Å². The maximum atomic E-state index is 12.0. The summed E-state index contributed by atoms with van der Waals surface area (Å²) in [7, 11) is 1.61. The molecule has 0 saturated carbocycles. The van der Waals surface area contributed by atoms with Gasteiger partial charge in [-0.1, -0.05) is 23.7 Å². The third kappa shape index (κ3) is 4.98. The van der Waals surface area contributed by atoms with Crippen LogP contribution in [0.5, 0.6) is 11.5 Å². The molecule has 1 atom stereocenters. The van der Waals surface area contributed by atoms with Crippen molar-refractivity contribution in [1.82, 2.24) is 0 Å². The molecule has 4 nitrogen and oxygen atoms in total. The molecule has 2 rings (SSSR count). The first-order chi connectivity index (χ1) is 11.0. The maximum Gasteiger partial charge on any atom is 0.340 e. The summed E-state index contributed by atoms with van der Waals surface area (Å²) >= 11 is 5.95. The molecule has 0 aliphatic heterocycles. The molecule has 0 N–H and O–H groups in total. The van der Waals surface area contributed by atoms with E-state index in [2.05, 4.69) is 0 Å². The second-order valence-electron chi connectivity index (χ2n) is 5.14. The molecule has 0 bridgehead atoms. The topological polar surface area (TPSA) is 44.8 Å². The molecule has 5 heteroatoms. The molecule has 122 valence electrons. The Bertz CT molecular complexity index is 684. The predicted octanol–water partition coefficient (Wildman–Crippen LogP) is 4.17. The fourth-order valence-electron chi connectivity index (χ4n) is 1.93. The van der Waals surface area contributed by atoms with Crippen molar-refractivity contribution in [2.24, 2.45) is 0 Å². The molecule has 23 heavy (non-hydrogen) atoms. The summed E-state index contributed by atoms with van der Waals surface area (Å²) in [6, 6.07) is 12.6. The number of carbonyl (C=O) groups is 1. The molecule has 0 aliphatic rings. The highest BCUT2D eigenvalue weighted by Gasteiger charge is 2.16. The van der Waals surface area contributed by atoms with Gasteiger partial charge in [-0.15, -0.1) is 0 Å². The summed E-state index contributed by atoms with van der Waals surface area (Å²) in [5.41, 5.74) is 1.77. The highest BCUT2D eigenvalue weighted by atomic mass is 35.5. The van der Waals surface area contributed by atoms with Gasteiger partial charge in [-0.2, -0.15) is 0 Å². The van der Waals surface area contributed by atoms with Gasteiger partial charge in [0.1, 0.15) is 11.5 Å². The molecule has 0 heterocycles. The molecule has 2 aromatic carbocycles. The van der Waals surface area contributed by atoms with Crippen molar-refractivity contribution >= 4 is 17.6 Å². The standard InChI is InChI=1S/C18H19ClO4/c1-12-9-16(7-8-17(12)19)23-18(20)13(2)22-11-14-5-4-6-15(10-14)21-3/h4-10,13H,11H2,1-3H3. The van der Waals surface area contributed by atoms with E-state index in [0.29, 0.717) is 17.4 Å². The van der Waals surface area contributed by atoms with Crippen LogP contribution in [0.4, 0.5) is 0 Å². The van der Waals surface area contributed by atoms with E-state index in [0.717, 1.165) is 16.9 Å². The Labute approximate surface area is 140 Å². The highest BCUT2D eigenvalue weighted by Crippen LogP contribution is 2.21. The zero-order valence-corrected chi connectivity index (χ0v) is 14.1. The first kappa shape index (κ1) is 17.3. The van der Waals surface area contributed by atoms with E-state index < -0.39 is 12.1 Å². The molecule has 1 unspecified atom stereocenters. The van der Waals surface area contributed by atoms with Gasteiger partial charge in [0.2, 0.25) is 0 Å². The first-order valence-electron chi connectivity index (χ1n) is 7.22. The average molecular weight is 335 g/mol. The molecule has 0 amide bonds. The van der Waals surface area contributed by atoms with Crippen LogP contribution < -0.4 is 9.47 Å². The summed E-state index contributed by atoms with van der Waals surface area (Å²) in [6.07, 6.45) is -0.683. The van der Waals surface area contributed by atoms with E-state index in [1.54, 1.807) is 32.2 Å². The Morgan fingerprint density at radius 2 is 1.96 bits per heavy atom. The van der Waals surface area contributed by atoms with Gasteiger partial charge in [-0.05, 0) is 55.3 Å². The van der Waals surface area contributed by atoms with E-state index in [4.69, 9.17) is 25.8 Å². The van der Waals surface area contributed by atoms with E-state index >= 15 is 0 Å². The molecule has 2 aromatic rings. The lowest BCUT2D eigenvalue weighted by molar-refractivity contribution is -0.147. The SMILES string of the molecule is COc1cccc(COC(C)C(=O)Oc2ccc(Cl)c(C)c2)c1. The number of carbonyl (C=O) groups excluding carboxylic acids is 1. The Hall–Kier alpha value is -2.04. The van der Waals surface area contributed by atoms with Gasteiger partial charge in [0, 0.05) is 5.02 Å². The number of halogens is 1. The van der Waals surface area contributed by atoms with Crippen molar-refractivity contribution in [3.05, 3.63) is 58.6 Å². The van der Waals surface area contributed by atoms with Crippen LogP contribution in [-0.4, -0.2) is 19.2 Å². The lowest BCUT2D eigenvalue weighted by Crippen LogP contribution is -2.25. The maximum absolute atomic E-state index is 12.0. The minimum absolute atomic E-state index is 0.299. The van der Waals surface area contributed by atoms with E-state index in [1.807, 2.05) is 31.2 Å². The van der Waals surface area contributed by atoms with Crippen LogP contribution in [0.2, 0.25) is 5.02 Å². The number of esters is 1. The predicted molar refractivity (Wildman–Crippen MR) is 89.1 cm³/mol. The zero-order chi connectivity index (χ0) is 16.8. The zero-order valence-electron chi connectivity index (χ0n) is 13.3. The first-order valence-corrected chi connectivity index (χ1v) is 7.60. The van der Waals surface area contributed by atoms with Crippen LogP contribution >= 0.6 is 11.6 Å². The van der Waals surface area contributed by atoms with Gasteiger partial charge in [-0.25, -0.2) is 4.79 Å². The summed E-state index contributed by atoms with van der Waals surface area (Å²) in [5.74, 6) is 0.751. The van der Waals surface area contributed by atoms with Crippen LogP contribution in [0.3, 0.4) is 0 Å². The smallest absolute Gasteiger partial charge is 0.340 e. The second kappa shape index (κ2) is 7.99. The van der Waals surface area contributed by atoms with Crippen LogP contribution in [0, 0.1) is 6.92 Å². The summed E-state index contributed by atoms with van der Waals surface area (Å²) < 4.78 is 16.0. The molecule has 0 spiro atoms. The second-order valence-corrected chi connectivity index (χ2v) is 5.54. The van der Waals surface area contributed by atoms with Crippen molar-refractivity contribution in [3.63, 3.8) is 0 Å². The molecule has 0 saturated heterocycles. The van der Waals surface area contributed by atoms with Crippen molar-refractivity contribution in [1.29, 1.82) is 0 Å². The highest BCUT2D eigenvalue weighted by molar-refractivity contribution is 6.31. The third-order valence-corrected chi connectivity index (χ3v) is 3.74. The fourth-order valence-corrected chi connectivity index (χ4v) is 2.05. The number of methoxy groups -OCH3 is 1. The van der Waals surface area contributed by atoms with Crippen LogP contribution in [0.25, 0.3) is 0 Å². The summed E-state index contributed by atoms with van der Waals surface area (Å²) in [4.78, 5) is 12.0. The lowest BCUT2D eigenvalue weighted by atomic mass is 10.2. The molecule has 0 radical (unpaired) electrons. The minimum atomic E-state index is -0.683. The van der Waals surface area contributed by atoms with Gasteiger partial charge in [0.05, 0.1) is 13.7 Å². The van der Waals surface area contributed by atoms with Crippen LogP contribution in [0.1, 0.15) is 18.1 Å². The minimum Gasteiger partial charge on any atom is -0.497 e. The number of rotatable bonds is 6. The average Bonchev–Trinajstić information content (AvgIpc) is 2.56. The normalized spacial score (nSPS) is 11.8. The Balaban J connectivity index is 1.90. The summed E-state index contributed by atoms with van der Waals surface area (Å²) in [5, 5.41) is 0.632. The van der Waals surface area contributed by atoms with Gasteiger partial charge < -0.3 is 14.2 Å². The molecular formula is C18H19ClO4. The Kier molecular flexibility index (Phi) is 6.02. The fraction of sp³-hybridized carbons (Fsp3) is 0.278. The van der Waals surface area contributed by atoms with Gasteiger partial charge in [0.15, 0.2) is 6.10 Å². The van der Waals surface area contributed by atoms with Crippen molar-refractivity contribution in [2.75, 3.05) is 7.11 Å². The van der Waals surface area contributed by atoms with E-state index in [1.165, 1.54) is 0 Å². The largest absolute Gasteiger partial charge is 0.497 e. The van der Waals surface area contributed by atoms with Crippen LogP contribution in [0.15, 0.2) is 42.5 Å². The molecule has 0 fully saturated rings. The number of hydrogen-bond acceptors (Lipinski definition) is 4. The molecule has 0 aromatic heterocycles. The monoisotopic (exact) mass is 334 g/mol. The number of aryl methyl sites for hydroxylation is 1. The van der Waals surface area contributed by atoms with Crippen molar-refractivity contribution < 1.29 is 19.0 Å². The van der Waals surface area contributed by atoms with E-state index in [9.17, 15) is 4.79 Å². The molecular weight excluding hydrogens is 316 g/mol. The van der Waals surface area contributed by atoms with Crippen molar-refractivity contribution in [3.8, 4) is 11.5 Å². The molecule has 0 aliphatic carbocycles. The third-order valence-electron chi connectivity index (χ3n) is 3.31. The quantitative estimate of drug-likeness (QED) is 0.587. The Morgan fingerprint density at radius 1 is 1.17 bits per heavy atom. The number of ether oxygens (including phenoxy) is 3. The van der Waals surface area contributed by atoms with Crippen molar-refractivity contribution in [2.45, 2.75) is 26.6 Å². The number of benzene rings is 2. The lowest BCUT2D eigenvalue weighted by Gasteiger charge is -2.13. The van der Waals surface area contributed by atoms with Gasteiger partial charge in [-0.3, -0.25) is 0 Å². The number of hydrogen-bond donors (Lipinski definition) is 0. The summed E-state index contributed by atoms with van der Waals surface area (Å²) in [6.45, 7) is 3.81. The van der Waals surface area contributed by atoms with Gasteiger partial charge >= 0.3 is 5.97 Å². The Morgan fingerprint density at radius 3 is 2.65 bits per heavy atom. The van der Waals surface area contributed by atoms with E-state index in [-0.39, 0.29) is 0 Å².